The molecule has 0 spiro atoms. The van der Waals surface area contributed by atoms with E-state index >= 15 is 0 Å². The molecule has 0 aliphatic rings. The Kier molecular flexibility index (Phi) is 2.82. The quantitative estimate of drug-likeness (QED) is 0.773. The predicted octanol–water partition coefficient (Wildman–Crippen LogP) is 4.13. The summed E-state index contributed by atoms with van der Waals surface area (Å²) in [6.07, 6.45) is 1.48. The number of imidazole rings is 1. The zero-order valence-corrected chi connectivity index (χ0v) is 11.7. The Labute approximate surface area is 119 Å². The number of aromatic carboxylic acids is 1. The van der Waals surface area contributed by atoms with Gasteiger partial charge in [-0.1, -0.05) is 23.2 Å². The lowest BCUT2D eigenvalue weighted by molar-refractivity contribution is 0.0691. The van der Waals surface area contributed by atoms with Gasteiger partial charge in [-0.15, -0.1) is 22.7 Å². The van der Waals surface area contributed by atoms with Crippen molar-refractivity contribution in [1.82, 2.24) is 9.38 Å². The first-order valence-electron chi connectivity index (χ1n) is 4.71. The van der Waals surface area contributed by atoms with Gasteiger partial charge in [-0.2, -0.15) is 0 Å². The minimum absolute atomic E-state index is 0.0144. The number of thiophene rings is 1. The molecule has 0 radical (unpaired) electrons. The van der Waals surface area contributed by atoms with Gasteiger partial charge < -0.3 is 5.11 Å². The summed E-state index contributed by atoms with van der Waals surface area (Å²) in [6.45, 7) is 0. The molecule has 3 aromatic heterocycles. The van der Waals surface area contributed by atoms with Gasteiger partial charge in [0.05, 0.1) is 10.0 Å². The molecule has 3 heterocycles. The van der Waals surface area contributed by atoms with E-state index in [2.05, 4.69) is 4.98 Å². The van der Waals surface area contributed by atoms with E-state index in [1.807, 2.05) is 5.38 Å². The second-order valence-corrected chi connectivity index (χ2v) is 6.56. The molecular weight excluding hydrogens is 315 g/mol. The van der Waals surface area contributed by atoms with Gasteiger partial charge in [0, 0.05) is 17.1 Å². The fraction of sp³-hybridized carbons (Fsp3) is 0. The van der Waals surface area contributed by atoms with Gasteiger partial charge in [0.2, 0.25) is 0 Å². The van der Waals surface area contributed by atoms with Crippen molar-refractivity contribution in [3.63, 3.8) is 0 Å². The molecule has 4 nitrogen and oxygen atoms in total. The van der Waals surface area contributed by atoms with Crippen LogP contribution >= 0.6 is 45.9 Å². The molecule has 1 N–H and O–H groups in total. The first-order valence-corrected chi connectivity index (χ1v) is 7.16. The third kappa shape index (κ3) is 1.81. The van der Waals surface area contributed by atoms with E-state index in [1.54, 1.807) is 10.5 Å². The third-order valence-electron chi connectivity index (χ3n) is 2.36. The van der Waals surface area contributed by atoms with Gasteiger partial charge in [0.1, 0.15) is 4.34 Å². The zero-order valence-electron chi connectivity index (χ0n) is 8.55. The Bertz CT molecular complexity index is 759. The van der Waals surface area contributed by atoms with E-state index < -0.39 is 5.97 Å². The van der Waals surface area contributed by atoms with E-state index in [0.29, 0.717) is 13.6 Å². The van der Waals surface area contributed by atoms with E-state index in [-0.39, 0.29) is 5.69 Å². The molecule has 3 aromatic rings. The molecule has 8 heteroatoms. The molecule has 0 fully saturated rings. The highest BCUT2D eigenvalue weighted by molar-refractivity contribution is 7.20. The summed E-state index contributed by atoms with van der Waals surface area (Å²) in [4.78, 5) is 15.5. The maximum atomic E-state index is 10.9. The Morgan fingerprint density at radius 2 is 2.22 bits per heavy atom. The molecule has 3 rings (SSSR count). The lowest BCUT2D eigenvalue weighted by atomic mass is 10.3. The molecular formula is C10H4Cl2N2O2S2. The topological polar surface area (TPSA) is 54.6 Å². The molecule has 0 aliphatic carbocycles. The molecule has 0 bridgehead atoms. The number of fused-ring (bicyclic) bond motifs is 1. The van der Waals surface area contributed by atoms with Gasteiger partial charge in [-0.3, -0.25) is 4.40 Å². The van der Waals surface area contributed by atoms with Crippen molar-refractivity contribution >= 4 is 56.8 Å². The summed E-state index contributed by atoms with van der Waals surface area (Å²) in [5.41, 5.74) is 1.59. The number of hydrogen-bond donors (Lipinski definition) is 1. The van der Waals surface area contributed by atoms with Crippen LogP contribution in [0.4, 0.5) is 0 Å². The van der Waals surface area contributed by atoms with Crippen molar-refractivity contribution in [2.24, 2.45) is 0 Å². The zero-order chi connectivity index (χ0) is 12.9. The number of carbonyl (C=O) groups is 1. The molecule has 0 aromatic carbocycles. The first-order chi connectivity index (χ1) is 8.56. The van der Waals surface area contributed by atoms with Crippen LogP contribution in [0.3, 0.4) is 0 Å². The van der Waals surface area contributed by atoms with Crippen LogP contribution in [0.25, 0.3) is 16.2 Å². The monoisotopic (exact) mass is 318 g/mol. The normalized spacial score (nSPS) is 11.2. The van der Waals surface area contributed by atoms with Crippen molar-refractivity contribution in [3.05, 3.63) is 32.0 Å². The van der Waals surface area contributed by atoms with Crippen molar-refractivity contribution < 1.29 is 9.90 Å². The van der Waals surface area contributed by atoms with Gasteiger partial charge in [0.25, 0.3) is 0 Å². The number of carboxylic acid groups (broad SMARTS) is 1. The van der Waals surface area contributed by atoms with Crippen LogP contribution in [0.5, 0.6) is 0 Å². The minimum atomic E-state index is -1.05. The summed E-state index contributed by atoms with van der Waals surface area (Å²) in [6, 6.07) is 1.76. The highest BCUT2D eigenvalue weighted by Crippen LogP contribution is 2.39. The van der Waals surface area contributed by atoms with Crippen molar-refractivity contribution in [2.45, 2.75) is 0 Å². The van der Waals surface area contributed by atoms with Crippen LogP contribution in [-0.4, -0.2) is 20.5 Å². The van der Waals surface area contributed by atoms with Gasteiger partial charge in [-0.05, 0) is 6.07 Å². The first kappa shape index (κ1) is 12.0. The average molecular weight is 319 g/mol. The molecule has 0 atom stereocenters. The number of halogens is 2. The van der Waals surface area contributed by atoms with Crippen molar-refractivity contribution in [3.8, 4) is 11.3 Å². The van der Waals surface area contributed by atoms with Crippen molar-refractivity contribution in [1.29, 1.82) is 0 Å². The summed E-state index contributed by atoms with van der Waals surface area (Å²) >= 11 is 14.6. The number of aromatic nitrogens is 2. The Hall–Kier alpha value is -1.08. The number of rotatable bonds is 2. The van der Waals surface area contributed by atoms with Crippen LogP contribution in [0.2, 0.25) is 8.67 Å². The molecule has 92 valence electrons. The molecule has 0 saturated carbocycles. The van der Waals surface area contributed by atoms with Crippen LogP contribution in [0.15, 0.2) is 17.6 Å². The summed E-state index contributed by atoms with van der Waals surface area (Å²) in [5.74, 6) is -1.05. The van der Waals surface area contributed by atoms with Gasteiger partial charge in [0.15, 0.2) is 10.7 Å². The summed E-state index contributed by atoms with van der Waals surface area (Å²) in [7, 11) is 0. The maximum absolute atomic E-state index is 10.9. The number of carboxylic acids is 1. The van der Waals surface area contributed by atoms with Crippen LogP contribution in [-0.2, 0) is 0 Å². The number of nitrogens with zero attached hydrogens (tertiary/aromatic N) is 2. The Morgan fingerprint density at radius 1 is 1.44 bits per heavy atom. The number of thiazole rings is 1. The highest BCUT2D eigenvalue weighted by Gasteiger charge is 2.16. The summed E-state index contributed by atoms with van der Waals surface area (Å²) < 4.78 is 2.87. The molecule has 18 heavy (non-hydrogen) atoms. The standard InChI is InChI=1S/C10H4Cl2N2O2S2/c11-7-1-4(8(12)18-7)6-3-17-10-13-5(9(15)16)2-14(6)10/h1-3H,(H,15,16). The average Bonchev–Trinajstić information content (AvgIpc) is 2.91. The molecule has 0 saturated heterocycles. The van der Waals surface area contributed by atoms with Gasteiger partial charge in [-0.25, -0.2) is 9.78 Å². The lowest BCUT2D eigenvalue weighted by Gasteiger charge is -1.95. The highest BCUT2D eigenvalue weighted by atomic mass is 35.5. The SMILES string of the molecule is O=C(O)c1cn2c(-c3cc(Cl)sc3Cl)csc2n1. The summed E-state index contributed by atoms with van der Waals surface area (Å²) in [5, 5.41) is 10.8. The lowest BCUT2D eigenvalue weighted by Crippen LogP contribution is -1.95. The fourth-order valence-corrected chi connectivity index (χ4v) is 3.95. The minimum Gasteiger partial charge on any atom is -0.476 e. The second-order valence-electron chi connectivity index (χ2n) is 3.44. The van der Waals surface area contributed by atoms with Crippen molar-refractivity contribution in [2.75, 3.05) is 0 Å². The predicted molar refractivity (Wildman–Crippen MR) is 73.4 cm³/mol. The Balaban J connectivity index is 2.23. The van der Waals surface area contributed by atoms with Crippen LogP contribution < -0.4 is 0 Å². The molecule has 0 unspecified atom stereocenters. The van der Waals surface area contributed by atoms with E-state index in [4.69, 9.17) is 28.3 Å². The largest absolute Gasteiger partial charge is 0.476 e. The fourth-order valence-electron chi connectivity index (χ4n) is 1.60. The Morgan fingerprint density at radius 3 is 2.83 bits per heavy atom. The van der Waals surface area contributed by atoms with E-state index in [1.165, 1.54) is 28.9 Å². The van der Waals surface area contributed by atoms with Crippen LogP contribution in [0, 0.1) is 0 Å². The maximum Gasteiger partial charge on any atom is 0.356 e. The van der Waals surface area contributed by atoms with Gasteiger partial charge >= 0.3 is 5.97 Å². The van der Waals surface area contributed by atoms with E-state index in [9.17, 15) is 4.79 Å². The van der Waals surface area contributed by atoms with Crippen LogP contribution in [0.1, 0.15) is 10.5 Å². The second kappa shape index (κ2) is 4.24. The molecule has 0 aliphatic heterocycles. The number of hydrogen-bond acceptors (Lipinski definition) is 4. The molecule has 0 amide bonds. The van der Waals surface area contributed by atoms with E-state index in [0.717, 1.165) is 11.3 Å². The third-order valence-corrected chi connectivity index (χ3v) is 4.69. The smallest absolute Gasteiger partial charge is 0.356 e.